The van der Waals surface area contributed by atoms with Crippen LogP contribution in [0.5, 0.6) is 5.75 Å². The number of ether oxygens (including phenoxy) is 3. The lowest BCUT2D eigenvalue weighted by molar-refractivity contribution is -0.150. The molecule has 1 N–H and O–H groups in total. The van der Waals surface area contributed by atoms with Gasteiger partial charge in [-0.1, -0.05) is 31.2 Å². The molecular weight excluding hydrogens is 356 g/mol. The number of carboxylic acids is 1. The zero-order chi connectivity index (χ0) is 19.8. The third-order valence-electron chi connectivity index (χ3n) is 5.25. The average Bonchev–Trinajstić information content (AvgIpc) is 2.69. The number of carbonyl (C=O) groups is 1. The fraction of sp³-hybridized carbons (Fsp3) is 0.435. The molecule has 150 valence electrons. The summed E-state index contributed by atoms with van der Waals surface area (Å²) in [6, 6.07) is 14.7. The van der Waals surface area contributed by atoms with Crippen LogP contribution in [-0.2, 0) is 9.47 Å². The monoisotopic (exact) mass is 384 g/mol. The van der Waals surface area contributed by atoms with Crippen LogP contribution in [0.1, 0.15) is 36.5 Å². The first-order valence-electron chi connectivity index (χ1n) is 9.84. The Hall–Kier alpha value is -2.37. The molecule has 0 aliphatic carbocycles. The van der Waals surface area contributed by atoms with Gasteiger partial charge in [-0.25, -0.2) is 4.79 Å². The molecule has 5 heteroatoms. The Balaban J connectivity index is 1.35. The Bertz CT molecular complexity index is 742. The maximum absolute atomic E-state index is 10.9. The predicted octanol–water partition coefficient (Wildman–Crippen LogP) is 4.65. The first-order valence-corrected chi connectivity index (χ1v) is 9.84. The highest BCUT2D eigenvalue weighted by molar-refractivity contribution is 5.88. The molecule has 0 unspecified atom stereocenters. The zero-order valence-corrected chi connectivity index (χ0v) is 16.4. The number of aromatic carboxylic acids is 1. The molecule has 0 radical (unpaired) electrons. The summed E-state index contributed by atoms with van der Waals surface area (Å²) in [6.45, 7) is 6.06. The van der Waals surface area contributed by atoms with Crippen molar-refractivity contribution in [3.05, 3.63) is 54.1 Å². The molecule has 1 aliphatic heterocycles. The van der Waals surface area contributed by atoms with Crippen LogP contribution in [0.2, 0.25) is 0 Å². The van der Waals surface area contributed by atoms with Crippen LogP contribution in [-0.4, -0.2) is 44.1 Å². The smallest absolute Gasteiger partial charge is 0.335 e. The molecule has 2 aromatic rings. The maximum Gasteiger partial charge on any atom is 0.335 e. The summed E-state index contributed by atoms with van der Waals surface area (Å²) in [5.74, 6) is -0.0778. The van der Waals surface area contributed by atoms with Gasteiger partial charge >= 0.3 is 5.97 Å². The van der Waals surface area contributed by atoms with E-state index in [0.29, 0.717) is 12.2 Å². The van der Waals surface area contributed by atoms with Gasteiger partial charge in [0.2, 0.25) is 0 Å². The SMILES string of the molecule is CCC1(COCCCCOc2ccc(-c3ccc(C(=O)O)cc3)cc2)COC1. The van der Waals surface area contributed by atoms with E-state index in [2.05, 4.69) is 6.92 Å². The fourth-order valence-electron chi connectivity index (χ4n) is 3.11. The molecule has 1 heterocycles. The number of benzene rings is 2. The van der Waals surface area contributed by atoms with E-state index in [9.17, 15) is 4.79 Å². The van der Waals surface area contributed by atoms with Crippen LogP contribution in [0.4, 0.5) is 0 Å². The second-order valence-corrected chi connectivity index (χ2v) is 7.36. The summed E-state index contributed by atoms with van der Waals surface area (Å²) in [7, 11) is 0. The largest absolute Gasteiger partial charge is 0.494 e. The predicted molar refractivity (Wildman–Crippen MR) is 108 cm³/mol. The third-order valence-corrected chi connectivity index (χ3v) is 5.25. The summed E-state index contributed by atoms with van der Waals surface area (Å²) in [6.07, 6.45) is 3.04. The van der Waals surface area contributed by atoms with Crippen molar-refractivity contribution in [1.82, 2.24) is 0 Å². The van der Waals surface area contributed by atoms with Gasteiger partial charge in [-0.15, -0.1) is 0 Å². The zero-order valence-electron chi connectivity index (χ0n) is 16.4. The lowest BCUT2D eigenvalue weighted by atomic mass is 9.84. The van der Waals surface area contributed by atoms with Crippen LogP contribution in [0.15, 0.2) is 48.5 Å². The van der Waals surface area contributed by atoms with E-state index < -0.39 is 5.97 Å². The molecule has 0 saturated carbocycles. The van der Waals surface area contributed by atoms with Crippen LogP contribution >= 0.6 is 0 Å². The van der Waals surface area contributed by atoms with Crippen molar-refractivity contribution in [1.29, 1.82) is 0 Å². The van der Waals surface area contributed by atoms with E-state index >= 15 is 0 Å². The van der Waals surface area contributed by atoms with Crippen molar-refractivity contribution >= 4 is 5.97 Å². The van der Waals surface area contributed by atoms with Crippen molar-refractivity contribution in [3.63, 3.8) is 0 Å². The van der Waals surface area contributed by atoms with Gasteiger partial charge in [0.15, 0.2) is 0 Å². The van der Waals surface area contributed by atoms with Gasteiger partial charge in [0.25, 0.3) is 0 Å². The Kier molecular flexibility index (Phi) is 7.06. The molecule has 0 bridgehead atoms. The Labute approximate surface area is 166 Å². The van der Waals surface area contributed by atoms with Crippen LogP contribution in [0.3, 0.4) is 0 Å². The molecule has 5 nitrogen and oxygen atoms in total. The summed E-state index contributed by atoms with van der Waals surface area (Å²) in [4.78, 5) is 10.9. The molecular formula is C23H28O5. The topological polar surface area (TPSA) is 65.0 Å². The standard InChI is InChI=1S/C23H28O5/c1-2-23(16-27-17-23)15-26-13-3-4-14-28-21-11-9-19(10-12-21)18-5-7-20(8-6-18)22(24)25/h5-12H,2-4,13-17H2,1H3,(H,24,25). The Morgan fingerprint density at radius 3 is 2.14 bits per heavy atom. The molecule has 0 atom stereocenters. The van der Waals surface area contributed by atoms with E-state index in [1.807, 2.05) is 36.4 Å². The van der Waals surface area contributed by atoms with Crippen molar-refractivity contribution in [2.24, 2.45) is 5.41 Å². The molecule has 0 aromatic heterocycles. The molecule has 3 rings (SSSR count). The molecule has 1 fully saturated rings. The van der Waals surface area contributed by atoms with Gasteiger partial charge in [0, 0.05) is 12.0 Å². The van der Waals surface area contributed by atoms with E-state index in [1.165, 1.54) is 0 Å². The minimum Gasteiger partial charge on any atom is -0.494 e. The molecule has 2 aromatic carbocycles. The number of hydrogen-bond acceptors (Lipinski definition) is 4. The van der Waals surface area contributed by atoms with Crippen molar-refractivity contribution in [2.75, 3.05) is 33.0 Å². The van der Waals surface area contributed by atoms with Crippen LogP contribution in [0.25, 0.3) is 11.1 Å². The molecule has 1 saturated heterocycles. The highest BCUT2D eigenvalue weighted by Gasteiger charge is 2.36. The molecule has 0 spiro atoms. The second-order valence-electron chi connectivity index (χ2n) is 7.36. The van der Waals surface area contributed by atoms with E-state index in [0.717, 1.165) is 62.6 Å². The minimum absolute atomic E-state index is 0.256. The Morgan fingerprint density at radius 1 is 1.00 bits per heavy atom. The third kappa shape index (κ3) is 5.33. The minimum atomic E-state index is -0.914. The summed E-state index contributed by atoms with van der Waals surface area (Å²) >= 11 is 0. The quantitative estimate of drug-likeness (QED) is 0.571. The van der Waals surface area contributed by atoms with Gasteiger partial charge in [0.1, 0.15) is 5.75 Å². The van der Waals surface area contributed by atoms with E-state index in [1.54, 1.807) is 12.1 Å². The van der Waals surface area contributed by atoms with Gasteiger partial charge in [-0.05, 0) is 54.7 Å². The summed E-state index contributed by atoms with van der Waals surface area (Å²) in [5, 5.41) is 8.96. The maximum atomic E-state index is 10.9. The highest BCUT2D eigenvalue weighted by Crippen LogP contribution is 2.31. The first-order chi connectivity index (χ1) is 13.6. The summed E-state index contributed by atoms with van der Waals surface area (Å²) < 4.78 is 16.9. The molecule has 28 heavy (non-hydrogen) atoms. The van der Waals surface area contributed by atoms with Gasteiger partial charge in [-0.3, -0.25) is 0 Å². The number of unbranched alkanes of at least 4 members (excludes halogenated alkanes) is 1. The van der Waals surface area contributed by atoms with Gasteiger partial charge in [0.05, 0.1) is 32.0 Å². The lowest BCUT2D eigenvalue weighted by Gasteiger charge is -2.40. The van der Waals surface area contributed by atoms with Crippen LogP contribution in [0, 0.1) is 5.41 Å². The van der Waals surface area contributed by atoms with E-state index in [4.69, 9.17) is 19.3 Å². The molecule has 0 amide bonds. The van der Waals surface area contributed by atoms with Gasteiger partial charge in [-0.2, -0.15) is 0 Å². The average molecular weight is 384 g/mol. The Morgan fingerprint density at radius 2 is 1.61 bits per heavy atom. The van der Waals surface area contributed by atoms with Crippen molar-refractivity contribution in [3.8, 4) is 16.9 Å². The lowest BCUT2D eigenvalue weighted by Crippen LogP contribution is -2.45. The fourth-order valence-corrected chi connectivity index (χ4v) is 3.11. The van der Waals surface area contributed by atoms with Crippen LogP contribution < -0.4 is 4.74 Å². The van der Waals surface area contributed by atoms with Crippen molar-refractivity contribution in [2.45, 2.75) is 26.2 Å². The number of hydrogen-bond donors (Lipinski definition) is 1. The second kappa shape index (κ2) is 9.71. The first kappa shape index (κ1) is 20.4. The van der Waals surface area contributed by atoms with Gasteiger partial charge < -0.3 is 19.3 Å². The van der Waals surface area contributed by atoms with E-state index in [-0.39, 0.29) is 5.41 Å². The van der Waals surface area contributed by atoms with Crippen molar-refractivity contribution < 1.29 is 24.1 Å². The normalized spacial score (nSPS) is 15.0. The summed E-state index contributed by atoms with van der Waals surface area (Å²) in [5.41, 5.74) is 2.56. The number of carboxylic acid groups (broad SMARTS) is 1. The molecule has 1 aliphatic rings. The highest BCUT2D eigenvalue weighted by atomic mass is 16.5. The number of rotatable bonds is 11.